The van der Waals surface area contributed by atoms with E-state index in [0.717, 1.165) is 48.4 Å². The number of hydrogen-bond acceptors (Lipinski definition) is 6. The molecule has 32 heavy (non-hydrogen) atoms. The Hall–Kier alpha value is -3.89. The lowest BCUT2D eigenvalue weighted by Crippen LogP contribution is -2.36. The zero-order chi connectivity index (χ0) is 22.5. The van der Waals surface area contributed by atoms with Crippen LogP contribution in [0, 0.1) is 0 Å². The van der Waals surface area contributed by atoms with Crippen molar-refractivity contribution in [3.63, 3.8) is 0 Å². The summed E-state index contributed by atoms with van der Waals surface area (Å²) in [4.78, 5) is 44.8. The summed E-state index contributed by atoms with van der Waals surface area (Å²) in [6, 6.07) is 5.75. The van der Waals surface area contributed by atoms with Gasteiger partial charge in [-0.15, -0.1) is 0 Å². The second kappa shape index (κ2) is 9.50. The third kappa shape index (κ3) is 4.41. The summed E-state index contributed by atoms with van der Waals surface area (Å²) in [5.74, 6) is 0.631. The topological polar surface area (TPSA) is 152 Å². The van der Waals surface area contributed by atoms with Gasteiger partial charge >= 0.3 is 6.03 Å². The summed E-state index contributed by atoms with van der Waals surface area (Å²) in [6.07, 6.45) is 7.22. The minimum Gasteiger partial charge on any atom is -0.483 e. The highest BCUT2D eigenvalue weighted by molar-refractivity contribution is 6.15. The van der Waals surface area contributed by atoms with Gasteiger partial charge in [-0.2, -0.15) is 0 Å². The first-order chi connectivity index (χ1) is 15.6. The number of hydrazine groups is 1. The number of aromatic amines is 1. The third-order valence-corrected chi connectivity index (χ3v) is 5.68. The van der Waals surface area contributed by atoms with Gasteiger partial charge in [-0.05, 0) is 25.3 Å². The Morgan fingerprint density at radius 1 is 1.22 bits per heavy atom. The fourth-order valence-electron chi connectivity index (χ4n) is 4.25. The fraction of sp³-hybridized carbons (Fsp3) is 0.381. The van der Waals surface area contributed by atoms with E-state index in [1.54, 1.807) is 5.01 Å². The van der Waals surface area contributed by atoms with Gasteiger partial charge in [0.15, 0.2) is 5.82 Å². The predicted molar refractivity (Wildman–Crippen MR) is 119 cm³/mol. The van der Waals surface area contributed by atoms with Crippen molar-refractivity contribution in [3.8, 4) is 0 Å². The van der Waals surface area contributed by atoms with Crippen molar-refractivity contribution in [3.05, 3.63) is 24.5 Å². The molecule has 2 aliphatic rings. The van der Waals surface area contributed by atoms with Gasteiger partial charge in [-0.3, -0.25) is 20.0 Å². The summed E-state index contributed by atoms with van der Waals surface area (Å²) < 4.78 is 0. The van der Waals surface area contributed by atoms with Gasteiger partial charge in [0.25, 0.3) is 6.47 Å². The average Bonchev–Trinajstić information content (AvgIpc) is 3.50. The van der Waals surface area contributed by atoms with Gasteiger partial charge in [-0.1, -0.05) is 25.0 Å². The van der Waals surface area contributed by atoms with Crippen LogP contribution >= 0.6 is 0 Å². The van der Waals surface area contributed by atoms with Crippen molar-refractivity contribution in [2.45, 2.75) is 44.6 Å². The van der Waals surface area contributed by atoms with Crippen LogP contribution in [0.5, 0.6) is 0 Å². The molecule has 5 N–H and O–H groups in total. The standard InChI is InChI=1S/C20H23N7O2.CH2O2/c28-15-9-4-10-27(15)26-19-16-13-7-3-8-14(17(13)25-18(16)21-11-22-19)24-20(29)23-12-5-1-2-6-12;2-1-3/h3,7-8,11-12H,1-2,4-6,9-10H2,(H2,23,24,29)(H2,21,22,25,26);1H,(H,2,3). The lowest BCUT2D eigenvalue weighted by molar-refractivity contribution is -0.126. The number of fused-ring (bicyclic) bond motifs is 3. The van der Waals surface area contributed by atoms with Crippen LogP contribution in [-0.2, 0) is 9.59 Å². The maximum absolute atomic E-state index is 12.4. The molecule has 3 heterocycles. The number of aromatic nitrogens is 3. The summed E-state index contributed by atoms with van der Waals surface area (Å²) in [5.41, 5.74) is 5.24. The molecule has 1 aliphatic heterocycles. The molecular weight excluding hydrogens is 414 g/mol. The SMILES string of the molecule is O=C(Nc1cccc2c1[nH]c1ncnc(NN3CCCC3=O)c12)NC1CCCC1.O=CO. The Morgan fingerprint density at radius 3 is 2.72 bits per heavy atom. The molecule has 168 valence electrons. The van der Waals surface area contributed by atoms with E-state index in [0.29, 0.717) is 30.1 Å². The molecule has 0 spiro atoms. The van der Waals surface area contributed by atoms with Crippen LogP contribution in [-0.4, -0.2) is 56.1 Å². The Kier molecular flexibility index (Phi) is 6.34. The smallest absolute Gasteiger partial charge is 0.319 e. The predicted octanol–water partition coefficient (Wildman–Crippen LogP) is 2.83. The van der Waals surface area contributed by atoms with Crippen LogP contribution in [0.3, 0.4) is 0 Å². The van der Waals surface area contributed by atoms with Gasteiger partial charge in [0, 0.05) is 24.4 Å². The number of nitrogens with zero attached hydrogens (tertiary/aromatic N) is 3. The number of anilines is 2. The molecule has 2 fully saturated rings. The maximum Gasteiger partial charge on any atom is 0.319 e. The molecule has 2 aromatic heterocycles. The van der Waals surface area contributed by atoms with Crippen molar-refractivity contribution < 1.29 is 19.5 Å². The lowest BCUT2D eigenvalue weighted by atomic mass is 10.2. The highest BCUT2D eigenvalue weighted by Gasteiger charge is 2.23. The molecular formula is C21H25N7O4. The number of urea groups is 1. The molecule has 11 heteroatoms. The second-order valence-corrected chi connectivity index (χ2v) is 7.75. The van der Waals surface area contributed by atoms with Crippen molar-refractivity contribution in [1.29, 1.82) is 0 Å². The van der Waals surface area contributed by atoms with E-state index in [1.807, 2.05) is 18.2 Å². The average molecular weight is 439 g/mol. The highest BCUT2D eigenvalue weighted by Crippen LogP contribution is 2.33. The lowest BCUT2D eigenvalue weighted by Gasteiger charge is -2.17. The highest BCUT2D eigenvalue weighted by atomic mass is 16.3. The molecule has 0 unspecified atom stereocenters. The minimum absolute atomic E-state index is 0.0579. The first kappa shape index (κ1) is 21.3. The number of para-hydroxylation sites is 1. The van der Waals surface area contributed by atoms with Crippen LogP contribution in [0.25, 0.3) is 21.9 Å². The molecule has 1 aromatic carbocycles. The van der Waals surface area contributed by atoms with E-state index in [4.69, 9.17) is 9.90 Å². The van der Waals surface area contributed by atoms with E-state index in [-0.39, 0.29) is 24.5 Å². The zero-order valence-electron chi connectivity index (χ0n) is 17.4. The summed E-state index contributed by atoms with van der Waals surface area (Å²) in [6.45, 7) is 0.404. The minimum atomic E-state index is -0.250. The fourth-order valence-corrected chi connectivity index (χ4v) is 4.25. The molecule has 3 amide bonds. The quantitative estimate of drug-likeness (QED) is 0.392. The molecule has 5 rings (SSSR count). The monoisotopic (exact) mass is 439 g/mol. The van der Waals surface area contributed by atoms with E-state index < -0.39 is 0 Å². The Bertz CT molecular complexity index is 1140. The van der Waals surface area contributed by atoms with Crippen molar-refractivity contribution in [1.82, 2.24) is 25.3 Å². The number of H-pyrrole nitrogens is 1. The number of carboxylic acid groups (broad SMARTS) is 1. The van der Waals surface area contributed by atoms with Crippen molar-refractivity contribution in [2.24, 2.45) is 0 Å². The number of hydrogen-bond donors (Lipinski definition) is 5. The van der Waals surface area contributed by atoms with Crippen LogP contribution in [0.2, 0.25) is 0 Å². The zero-order valence-corrected chi connectivity index (χ0v) is 17.4. The summed E-state index contributed by atoms with van der Waals surface area (Å²) in [7, 11) is 0. The molecule has 11 nitrogen and oxygen atoms in total. The first-order valence-corrected chi connectivity index (χ1v) is 10.6. The van der Waals surface area contributed by atoms with Gasteiger partial charge in [0.2, 0.25) is 5.91 Å². The van der Waals surface area contributed by atoms with E-state index in [2.05, 4.69) is 31.0 Å². The van der Waals surface area contributed by atoms with E-state index in [9.17, 15) is 9.59 Å². The molecule has 0 atom stereocenters. The van der Waals surface area contributed by atoms with Gasteiger partial charge in [-0.25, -0.2) is 14.8 Å². The van der Waals surface area contributed by atoms with Crippen molar-refractivity contribution >= 4 is 51.9 Å². The van der Waals surface area contributed by atoms with Gasteiger partial charge in [0.1, 0.15) is 12.0 Å². The number of rotatable bonds is 4. The number of benzene rings is 1. The second-order valence-electron chi connectivity index (χ2n) is 7.75. The van der Waals surface area contributed by atoms with Gasteiger partial charge in [0.05, 0.1) is 16.6 Å². The van der Waals surface area contributed by atoms with E-state index in [1.165, 1.54) is 6.33 Å². The maximum atomic E-state index is 12.4. The van der Waals surface area contributed by atoms with Crippen LogP contribution in [0.1, 0.15) is 38.5 Å². The number of amides is 3. The Labute approximate surface area is 183 Å². The molecule has 3 aromatic rings. The normalized spacial score (nSPS) is 16.1. The Morgan fingerprint density at radius 2 is 2.00 bits per heavy atom. The first-order valence-electron chi connectivity index (χ1n) is 10.6. The summed E-state index contributed by atoms with van der Waals surface area (Å²) >= 11 is 0. The number of carbonyl (C=O) groups excluding carboxylic acids is 2. The molecule has 1 aliphatic carbocycles. The van der Waals surface area contributed by atoms with Crippen LogP contribution < -0.4 is 16.1 Å². The molecule has 1 saturated carbocycles. The number of carbonyl (C=O) groups is 3. The molecule has 0 bridgehead atoms. The largest absolute Gasteiger partial charge is 0.483 e. The van der Waals surface area contributed by atoms with Gasteiger partial charge < -0.3 is 20.7 Å². The number of nitrogens with one attached hydrogen (secondary N) is 4. The van der Waals surface area contributed by atoms with E-state index >= 15 is 0 Å². The third-order valence-electron chi connectivity index (χ3n) is 5.68. The summed E-state index contributed by atoms with van der Waals surface area (Å²) in [5, 5.41) is 16.2. The van der Waals surface area contributed by atoms with Crippen LogP contribution in [0.4, 0.5) is 16.3 Å². The van der Waals surface area contributed by atoms with Crippen molar-refractivity contribution in [2.75, 3.05) is 17.3 Å². The van der Waals surface area contributed by atoms with Crippen LogP contribution in [0.15, 0.2) is 24.5 Å². The molecule has 0 radical (unpaired) electrons. The Balaban J connectivity index is 0.000000775. The molecule has 1 saturated heterocycles.